The Morgan fingerprint density at radius 3 is 2.44 bits per heavy atom. The number of carbonyl (C=O) groups excluding carboxylic acids is 1. The van der Waals surface area contributed by atoms with Gasteiger partial charge < -0.3 is 10.0 Å². The van der Waals surface area contributed by atoms with Crippen molar-refractivity contribution in [3.8, 4) is 0 Å². The number of aliphatic hydroxyl groups excluding tert-OH is 1. The summed E-state index contributed by atoms with van der Waals surface area (Å²) in [6.45, 7) is 5.21. The zero-order valence-electron chi connectivity index (χ0n) is 10.6. The monoisotopic (exact) mass is 228 g/mol. The molecule has 94 valence electrons. The first kappa shape index (κ1) is 13.5. The number of likely N-dealkylation sites (N-methyl/N-ethyl adjacent to an activating group) is 1. The van der Waals surface area contributed by atoms with E-state index >= 15 is 0 Å². The molecule has 1 aliphatic rings. The topological polar surface area (TPSA) is 43.8 Å². The Morgan fingerprint density at radius 1 is 1.44 bits per heavy atom. The van der Waals surface area contributed by atoms with Gasteiger partial charge in [-0.1, -0.05) is 6.42 Å². The van der Waals surface area contributed by atoms with E-state index in [2.05, 4.69) is 4.90 Å². The van der Waals surface area contributed by atoms with Gasteiger partial charge in [0.2, 0.25) is 5.91 Å². The lowest BCUT2D eigenvalue weighted by atomic mass is 9.91. The van der Waals surface area contributed by atoms with Crippen molar-refractivity contribution in [2.24, 2.45) is 0 Å². The van der Waals surface area contributed by atoms with Gasteiger partial charge >= 0.3 is 0 Å². The summed E-state index contributed by atoms with van der Waals surface area (Å²) in [4.78, 5) is 15.8. The van der Waals surface area contributed by atoms with Crippen LogP contribution in [0.1, 0.15) is 33.1 Å². The zero-order valence-corrected chi connectivity index (χ0v) is 10.6. The lowest BCUT2D eigenvalue weighted by Crippen LogP contribution is -2.48. The van der Waals surface area contributed by atoms with Crippen molar-refractivity contribution >= 4 is 5.91 Å². The van der Waals surface area contributed by atoms with Crippen molar-refractivity contribution in [2.45, 2.75) is 45.2 Å². The SMILES string of the molecule is CC(C)N(C)C(=O)CN(CCO)C1CCC1. The van der Waals surface area contributed by atoms with Crippen LogP contribution >= 0.6 is 0 Å². The minimum atomic E-state index is 0.134. The van der Waals surface area contributed by atoms with Gasteiger partial charge in [-0.2, -0.15) is 0 Å². The van der Waals surface area contributed by atoms with E-state index in [1.807, 2.05) is 20.9 Å². The minimum Gasteiger partial charge on any atom is -0.395 e. The molecule has 0 aliphatic heterocycles. The molecule has 0 saturated heterocycles. The maximum absolute atomic E-state index is 11.9. The van der Waals surface area contributed by atoms with Crippen LogP contribution in [0.25, 0.3) is 0 Å². The molecule has 1 amide bonds. The zero-order chi connectivity index (χ0) is 12.1. The van der Waals surface area contributed by atoms with Crippen molar-refractivity contribution in [2.75, 3.05) is 26.7 Å². The molecule has 0 atom stereocenters. The third kappa shape index (κ3) is 3.46. The van der Waals surface area contributed by atoms with Gasteiger partial charge in [0.25, 0.3) is 0 Å². The molecule has 0 aromatic carbocycles. The van der Waals surface area contributed by atoms with E-state index < -0.39 is 0 Å². The highest BCUT2D eigenvalue weighted by molar-refractivity contribution is 5.78. The quantitative estimate of drug-likeness (QED) is 0.728. The molecule has 0 unspecified atom stereocenters. The molecule has 0 radical (unpaired) electrons. The van der Waals surface area contributed by atoms with Gasteiger partial charge in [0.05, 0.1) is 13.2 Å². The summed E-state index contributed by atoms with van der Waals surface area (Å²) in [6, 6.07) is 0.751. The van der Waals surface area contributed by atoms with Crippen molar-refractivity contribution in [1.82, 2.24) is 9.80 Å². The highest BCUT2D eigenvalue weighted by atomic mass is 16.3. The first-order valence-corrected chi connectivity index (χ1v) is 6.16. The van der Waals surface area contributed by atoms with E-state index in [0.717, 1.165) is 0 Å². The highest BCUT2D eigenvalue weighted by Crippen LogP contribution is 2.24. The lowest BCUT2D eigenvalue weighted by Gasteiger charge is -2.37. The summed E-state index contributed by atoms with van der Waals surface area (Å²) in [7, 11) is 1.84. The van der Waals surface area contributed by atoms with Crippen molar-refractivity contribution < 1.29 is 9.90 Å². The van der Waals surface area contributed by atoms with Crippen LogP contribution in [-0.2, 0) is 4.79 Å². The molecule has 1 saturated carbocycles. The predicted octanol–water partition coefficient (Wildman–Crippen LogP) is 0.700. The van der Waals surface area contributed by atoms with Crippen molar-refractivity contribution in [1.29, 1.82) is 0 Å². The predicted molar refractivity (Wildman–Crippen MR) is 64.2 cm³/mol. The molecule has 0 aromatic rings. The third-order valence-corrected chi connectivity index (χ3v) is 3.48. The number of hydrogen-bond acceptors (Lipinski definition) is 3. The molecular weight excluding hydrogens is 204 g/mol. The second kappa shape index (κ2) is 6.21. The average molecular weight is 228 g/mol. The molecular formula is C12H24N2O2. The second-order valence-corrected chi connectivity index (χ2v) is 4.88. The lowest BCUT2D eigenvalue weighted by molar-refractivity contribution is -0.133. The molecule has 0 heterocycles. The molecule has 16 heavy (non-hydrogen) atoms. The van der Waals surface area contributed by atoms with Gasteiger partial charge in [-0.05, 0) is 26.7 Å². The summed E-state index contributed by atoms with van der Waals surface area (Å²) < 4.78 is 0. The number of rotatable bonds is 6. The maximum Gasteiger partial charge on any atom is 0.236 e. The normalized spacial score (nSPS) is 16.6. The first-order chi connectivity index (χ1) is 7.56. The van der Waals surface area contributed by atoms with Gasteiger partial charge in [-0.3, -0.25) is 9.69 Å². The molecule has 0 spiro atoms. The Kier molecular flexibility index (Phi) is 5.22. The number of hydrogen-bond donors (Lipinski definition) is 1. The van der Waals surface area contributed by atoms with Crippen LogP contribution < -0.4 is 0 Å². The fourth-order valence-corrected chi connectivity index (χ4v) is 1.84. The van der Waals surface area contributed by atoms with Crippen LogP contribution in [0.2, 0.25) is 0 Å². The Bertz CT molecular complexity index is 227. The fourth-order valence-electron chi connectivity index (χ4n) is 1.84. The second-order valence-electron chi connectivity index (χ2n) is 4.88. The van der Waals surface area contributed by atoms with E-state index in [0.29, 0.717) is 19.1 Å². The van der Waals surface area contributed by atoms with Crippen molar-refractivity contribution in [3.05, 3.63) is 0 Å². The number of carbonyl (C=O) groups is 1. The van der Waals surface area contributed by atoms with E-state index in [1.54, 1.807) is 4.90 Å². The van der Waals surface area contributed by atoms with E-state index in [-0.39, 0.29) is 18.6 Å². The van der Waals surface area contributed by atoms with Crippen LogP contribution in [0, 0.1) is 0 Å². The largest absolute Gasteiger partial charge is 0.395 e. The van der Waals surface area contributed by atoms with Gasteiger partial charge in [0.1, 0.15) is 0 Å². The Morgan fingerprint density at radius 2 is 2.06 bits per heavy atom. The molecule has 4 nitrogen and oxygen atoms in total. The molecule has 0 aromatic heterocycles. The van der Waals surface area contributed by atoms with Crippen LogP contribution in [0.15, 0.2) is 0 Å². The fraction of sp³-hybridized carbons (Fsp3) is 0.917. The molecule has 4 heteroatoms. The molecule has 1 fully saturated rings. The summed E-state index contributed by atoms with van der Waals surface area (Å²) in [6.07, 6.45) is 3.58. The van der Waals surface area contributed by atoms with Crippen LogP contribution in [0.4, 0.5) is 0 Å². The van der Waals surface area contributed by atoms with Gasteiger partial charge in [0.15, 0.2) is 0 Å². The number of nitrogens with zero attached hydrogens (tertiary/aromatic N) is 2. The van der Waals surface area contributed by atoms with Gasteiger partial charge in [-0.15, -0.1) is 0 Å². The molecule has 0 bridgehead atoms. The third-order valence-electron chi connectivity index (χ3n) is 3.48. The highest BCUT2D eigenvalue weighted by Gasteiger charge is 2.27. The summed E-state index contributed by atoms with van der Waals surface area (Å²) in [5.74, 6) is 0.148. The first-order valence-electron chi connectivity index (χ1n) is 6.16. The Labute approximate surface area is 98.2 Å². The number of aliphatic hydroxyl groups is 1. The van der Waals surface area contributed by atoms with Gasteiger partial charge in [0, 0.05) is 25.7 Å². The van der Waals surface area contributed by atoms with Gasteiger partial charge in [-0.25, -0.2) is 0 Å². The average Bonchev–Trinajstić information content (AvgIpc) is 2.13. The van der Waals surface area contributed by atoms with Crippen LogP contribution in [-0.4, -0.2) is 59.6 Å². The molecule has 1 aliphatic carbocycles. The smallest absolute Gasteiger partial charge is 0.236 e. The summed E-state index contributed by atoms with van der Waals surface area (Å²) in [5, 5.41) is 9.00. The summed E-state index contributed by atoms with van der Waals surface area (Å²) >= 11 is 0. The van der Waals surface area contributed by atoms with Crippen LogP contribution in [0.3, 0.4) is 0 Å². The maximum atomic E-state index is 11.9. The van der Waals surface area contributed by atoms with Crippen molar-refractivity contribution in [3.63, 3.8) is 0 Å². The molecule has 1 rings (SSSR count). The number of amides is 1. The van der Waals surface area contributed by atoms with E-state index in [9.17, 15) is 4.79 Å². The Balaban J connectivity index is 2.43. The summed E-state index contributed by atoms with van der Waals surface area (Å²) in [5.41, 5.74) is 0. The minimum absolute atomic E-state index is 0.134. The van der Waals surface area contributed by atoms with E-state index in [1.165, 1.54) is 19.3 Å². The Hall–Kier alpha value is -0.610. The molecule has 1 N–H and O–H groups in total. The van der Waals surface area contributed by atoms with E-state index in [4.69, 9.17) is 5.11 Å². The standard InChI is InChI=1S/C12H24N2O2/c1-10(2)13(3)12(16)9-14(7-8-15)11-5-4-6-11/h10-11,15H,4-9H2,1-3H3. The van der Waals surface area contributed by atoms with Crippen LogP contribution in [0.5, 0.6) is 0 Å².